The van der Waals surface area contributed by atoms with Gasteiger partial charge in [-0.15, -0.1) is 0 Å². The molecule has 2 unspecified atom stereocenters. The van der Waals surface area contributed by atoms with Crippen molar-refractivity contribution in [1.29, 1.82) is 0 Å². The number of halogens is 2. The van der Waals surface area contributed by atoms with Crippen LogP contribution < -0.4 is 5.73 Å². The van der Waals surface area contributed by atoms with Gasteiger partial charge in [-0.1, -0.05) is 30.3 Å². The van der Waals surface area contributed by atoms with Crippen LogP contribution in [0.15, 0.2) is 48.5 Å². The third-order valence-electron chi connectivity index (χ3n) is 3.03. The van der Waals surface area contributed by atoms with Crippen molar-refractivity contribution in [2.45, 2.75) is 12.1 Å². The summed E-state index contributed by atoms with van der Waals surface area (Å²) in [6, 6.07) is 11.7. The molecule has 2 N–H and O–H groups in total. The Hall–Kier alpha value is -1.78. The highest BCUT2D eigenvalue weighted by atomic mass is 19.1. The van der Waals surface area contributed by atoms with E-state index in [9.17, 15) is 8.78 Å². The van der Waals surface area contributed by atoms with Crippen LogP contribution in [0.1, 0.15) is 23.3 Å². The molecule has 0 heterocycles. The zero-order valence-corrected chi connectivity index (χ0v) is 10.5. The number of nitrogens with two attached hydrogens (primary N) is 1. The van der Waals surface area contributed by atoms with Gasteiger partial charge in [0.15, 0.2) is 0 Å². The largest absolute Gasteiger partial charge is 0.375 e. The average molecular weight is 263 g/mol. The van der Waals surface area contributed by atoms with Crippen LogP contribution in [0, 0.1) is 11.6 Å². The van der Waals surface area contributed by atoms with Crippen molar-refractivity contribution in [3.05, 3.63) is 71.3 Å². The van der Waals surface area contributed by atoms with E-state index in [1.165, 1.54) is 7.11 Å². The maximum Gasteiger partial charge on any atom is 0.128 e. The number of ether oxygens (including phenoxy) is 1. The summed E-state index contributed by atoms with van der Waals surface area (Å²) in [5, 5.41) is 0. The lowest BCUT2D eigenvalue weighted by atomic mass is 9.96. The Morgan fingerprint density at radius 2 is 1.74 bits per heavy atom. The molecular formula is C15H15F2NO. The van der Waals surface area contributed by atoms with E-state index in [1.54, 1.807) is 0 Å². The molecule has 0 aliphatic heterocycles. The SMILES string of the molecule is COC(c1ccccc1)C(N)c1cc(F)ccc1F. The number of hydrogen-bond donors (Lipinski definition) is 1. The molecule has 100 valence electrons. The Balaban J connectivity index is 2.36. The number of benzene rings is 2. The zero-order valence-electron chi connectivity index (χ0n) is 10.5. The lowest BCUT2D eigenvalue weighted by Gasteiger charge is -2.23. The van der Waals surface area contributed by atoms with Crippen molar-refractivity contribution >= 4 is 0 Å². The van der Waals surface area contributed by atoms with Gasteiger partial charge in [0.05, 0.1) is 6.04 Å². The van der Waals surface area contributed by atoms with Crippen LogP contribution >= 0.6 is 0 Å². The number of methoxy groups -OCH3 is 1. The number of hydrogen-bond acceptors (Lipinski definition) is 2. The average Bonchev–Trinajstić information content (AvgIpc) is 2.43. The minimum Gasteiger partial charge on any atom is -0.375 e. The molecule has 0 saturated carbocycles. The van der Waals surface area contributed by atoms with Crippen LogP contribution in [0.4, 0.5) is 8.78 Å². The van der Waals surface area contributed by atoms with Crippen molar-refractivity contribution < 1.29 is 13.5 Å². The predicted octanol–water partition coefficient (Wildman–Crippen LogP) is 3.35. The normalized spacial score (nSPS) is 14.1. The first-order chi connectivity index (χ1) is 9.13. The van der Waals surface area contributed by atoms with Crippen LogP contribution in [0.5, 0.6) is 0 Å². The van der Waals surface area contributed by atoms with Crippen molar-refractivity contribution in [2.75, 3.05) is 7.11 Å². The Bertz CT molecular complexity index is 545. The van der Waals surface area contributed by atoms with E-state index in [4.69, 9.17) is 10.5 Å². The minimum atomic E-state index is -0.775. The summed E-state index contributed by atoms with van der Waals surface area (Å²) in [4.78, 5) is 0. The molecule has 0 aliphatic rings. The lowest BCUT2D eigenvalue weighted by molar-refractivity contribution is 0.0790. The van der Waals surface area contributed by atoms with E-state index in [0.29, 0.717) is 0 Å². The summed E-state index contributed by atoms with van der Waals surface area (Å²) in [7, 11) is 1.49. The minimum absolute atomic E-state index is 0.107. The Kier molecular flexibility index (Phi) is 4.24. The molecule has 0 bridgehead atoms. The highest BCUT2D eigenvalue weighted by molar-refractivity contribution is 5.27. The van der Waals surface area contributed by atoms with Crippen LogP contribution in [0.2, 0.25) is 0 Å². The molecule has 4 heteroatoms. The van der Waals surface area contributed by atoms with Gasteiger partial charge < -0.3 is 10.5 Å². The first kappa shape index (κ1) is 13.6. The van der Waals surface area contributed by atoms with Crippen molar-refractivity contribution in [3.8, 4) is 0 Å². The molecule has 2 aromatic rings. The smallest absolute Gasteiger partial charge is 0.128 e. The van der Waals surface area contributed by atoms with Crippen molar-refractivity contribution in [3.63, 3.8) is 0 Å². The number of rotatable bonds is 4. The van der Waals surface area contributed by atoms with E-state index in [-0.39, 0.29) is 5.56 Å². The van der Waals surface area contributed by atoms with E-state index in [1.807, 2.05) is 30.3 Å². The van der Waals surface area contributed by atoms with Crippen molar-refractivity contribution in [1.82, 2.24) is 0 Å². The highest BCUT2D eigenvalue weighted by Crippen LogP contribution is 2.31. The fraction of sp³-hybridized carbons (Fsp3) is 0.200. The molecule has 19 heavy (non-hydrogen) atoms. The molecule has 2 atom stereocenters. The highest BCUT2D eigenvalue weighted by Gasteiger charge is 2.23. The topological polar surface area (TPSA) is 35.2 Å². The summed E-state index contributed by atoms with van der Waals surface area (Å²) >= 11 is 0. The molecular weight excluding hydrogens is 248 g/mol. The Labute approximate surface area is 110 Å². The van der Waals surface area contributed by atoms with E-state index >= 15 is 0 Å². The maximum absolute atomic E-state index is 13.7. The zero-order chi connectivity index (χ0) is 13.8. The fourth-order valence-electron chi connectivity index (χ4n) is 2.07. The molecule has 0 amide bonds. The van der Waals surface area contributed by atoms with Gasteiger partial charge in [0.2, 0.25) is 0 Å². The molecule has 0 saturated heterocycles. The molecule has 0 aliphatic carbocycles. The van der Waals surface area contributed by atoms with Crippen LogP contribution in [-0.4, -0.2) is 7.11 Å². The molecule has 2 aromatic carbocycles. The van der Waals surface area contributed by atoms with Gasteiger partial charge in [0.1, 0.15) is 17.7 Å². The predicted molar refractivity (Wildman–Crippen MR) is 69.5 cm³/mol. The standard InChI is InChI=1S/C15H15F2NO/c1-19-15(10-5-3-2-4-6-10)14(18)12-9-11(16)7-8-13(12)17/h2-9,14-15H,18H2,1H3. The second kappa shape index (κ2) is 5.91. The lowest BCUT2D eigenvalue weighted by Crippen LogP contribution is -2.22. The Morgan fingerprint density at radius 3 is 2.37 bits per heavy atom. The molecule has 0 fully saturated rings. The maximum atomic E-state index is 13.7. The van der Waals surface area contributed by atoms with Gasteiger partial charge >= 0.3 is 0 Å². The Morgan fingerprint density at radius 1 is 1.05 bits per heavy atom. The quantitative estimate of drug-likeness (QED) is 0.918. The van der Waals surface area contributed by atoms with E-state index < -0.39 is 23.8 Å². The van der Waals surface area contributed by atoms with Gasteiger partial charge in [-0.2, -0.15) is 0 Å². The third-order valence-corrected chi connectivity index (χ3v) is 3.03. The van der Waals surface area contributed by atoms with Gasteiger partial charge in [-0.25, -0.2) is 8.78 Å². The monoisotopic (exact) mass is 263 g/mol. The van der Waals surface area contributed by atoms with Crippen LogP contribution in [0.3, 0.4) is 0 Å². The first-order valence-electron chi connectivity index (χ1n) is 5.91. The molecule has 2 rings (SSSR count). The van der Waals surface area contributed by atoms with Crippen LogP contribution in [-0.2, 0) is 4.74 Å². The van der Waals surface area contributed by atoms with Crippen LogP contribution in [0.25, 0.3) is 0 Å². The second-order valence-corrected chi connectivity index (χ2v) is 4.26. The fourth-order valence-corrected chi connectivity index (χ4v) is 2.07. The van der Waals surface area contributed by atoms with Crippen molar-refractivity contribution in [2.24, 2.45) is 5.73 Å². The molecule has 0 spiro atoms. The molecule has 2 nitrogen and oxygen atoms in total. The van der Waals surface area contributed by atoms with Gasteiger partial charge in [0, 0.05) is 12.7 Å². The summed E-state index contributed by atoms with van der Waals surface area (Å²) < 4.78 is 32.3. The molecule has 0 radical (unpaired) electrons. The molecule has 0 aromatic heterocycles. The summed E-state index contributed by atoms with van der Waals surface area (Å²) in [5.74, 6) is -1.05. The van der Waals surface area contributed by atoms with E-state index in [0.717, 1.165) is 23.8 Å². The third kappa shape index (κ3) is 2.97. The second-order valence-electron chi connectivity index (χ2n) is 4.26. The summed E-state index contributed by atoms with van der Waals surface area (Å²) in [5.41, 5.74) is 6.95. The van der Waals surface area contributed by atoms with Gasteiger partial charge in [-0.3, -0.25) is 0 Å². The first-order valence-corrected chi connectivity index (χ1v) is 5.91. The summed E-state index contributed by atoms with van der Waals surface area (Å²) in [6.45, 7) is 0. The van der Waals surface area contributed by atoms with Gasteiger partial charge in [0.25, 0.3) is 0 Å². The van der Waals surface area contributed by atoms with E-state index in [2.05, 4.69) is 0 Å². The van der Waals surface area contributed by atoms with Gasteiger partial charge in [-0.05, 0) is 23.8 Å². The summed E-state index contributed by atoms with van der Waals surface area (Å²) in [6.07, 6.45) is -0.530.